The maximum absolute atomic E-state index is 10.9. The van der Waals surface area contributed by atoms with E-state index in [1.807, 2.05) is 0 Å². The molecular weight excluding hydrogens is 532 g/mol. The zero-order valence-electron chi connectivity index (χ0n) is 27.1. The van der Waals surface area contributed by atoms with Crippen LogP contribution in [0.4, 0.5) is 0 Å². The molecule has 8 rings (SSSR count). The molecule has 0 aromatic rings. The third kappa shape index (κ3) is 4.42. The van der Waals surface area contributed by atoms with Crippen molar-refractivity contribution in [1.82, 2.24) is 0 Å². The maximum Gasteiger partial charge on any atom is 0.0611 e. The van der Waals surface area contributed by atoms with Gasteiger partial charge in [0.25, 0.3) is 0 Å². The van der Waals surface area contributed by atoms with Crippen molar-refractivity contribution in [3.63, 3.8) is 0 Å². The monoisotopic (exact) mass is 590 g/mol. The zero-order valence-corrected chi connectivity index (χ0v) is 27.1. The Kier molecular flexibility index (Phi) is 7.35. The Hall–Kier alpha value is -1.24. The summed E-state index contributed by atoms with van der Waals surface area (Å²) in [5.74, 6) is 3.53. The van der Waals surface area contributed by atoms with Crippen LogP contribution in [0.25, 0.3) is 0 Å². The van der Waals surface area contributed by atoms with Crippen molar-refractivity contribution in [1.29, 1.82) is 0 Å². The predicted molar refractivity (Wildman–Crippen MR) is 173 cm³/mol. The first-order valence-corrected chi connectivity index (χ1v) is 17.7. The van der Waals surface area contributed by atoms with Crippen LogP contribution in [0.1, 0.15) is 98.3 Å². The van der Waals surface area contributed by atoms with Crippen molar-refractivity contribution in [3.05, 3.63) is 47.6 Å². The fraction of sp³-hybridized carbons (Fsp3) is 0.789. The number of aliphatic hydroxyl groups is 3. The van der Waals surface area contributed by atoms with Crippen LogP contribution in [0.15, 0.2) is 47.6 Å². The van der Waals surface area contributed by atoms with E-state index in [-0.39, 0.29) is 52.1 Å². The molecule has 0 aliphatic heterocycles. The van der Waals surface area contributed by atoms with Gasteiger partial charge in [-0.2, -0.15) is 0 Å². The molecule has 7 N–H and O–H groups in total. The van der Waals surface area contributed by atoms with Crippen molar-refractivity contribution < 1.29 is 15.3 Å². The van der Waals surface area contributed by atoms with Gasteiger partial charge in [0.2, 0.25) is 0 Å². The molecule has 15 atom stereocenters. The highest BCUT2D eigenvalue weighted by Crippen LogP contribution is 2.66. The van der Waals surface area contributed by atoms with Gasteiger partial charge in [0.05, 0.1) is 18.3 Å². The van der Waals surface area contributed by atoms with E-state index >= 15 is 0 Å². The topological polar surface area (TPSA) is 113 Å². The van der Waals surface area contributed by atoms with E-state index in [1.54, 1.807) is 5.57 Å². The molecule has 0 bridgehead atoms. The zero-order chi connectivity index (χ0) is 30.5. The Morgan fingerprint density at radius 2 is 1.16 bits per heavy atom. The molecule has 0 amide bonds. The van der Waals surface area contributed by atoms with Crippen molar-refractivity contribution >= 4 is 0 Å². The second kappa shape index (κ2) is 10.4. The second-order valence-electron chi connectivity index (χ2n) is 17.1. The van der Waals surface area contributed by atoms with Gasteiger partial charge < -0.3 is 26.8 Å². The predicted octanol–water partition coefficient (Wildman–Crippen LogP) is 5.80. The molecule has 0 aromatic heterocycles. The summed E-state index contributed by atoms with van der Waals surface area (Å²) in [7, 11) is 0. The molecule has 43 heavy (non-hydrogen) atoms. The fourth-order valence-corrected chi connectivity index (χ4v) is 12.6. The minimum Gasteiger partial charge on any atom is -0.393 e. The summed E-state index contributed by atoms with van der Waals surface area (Å²) in [6, 6.07) is 0.112. The van der Waals surface area contributed by atoms with E-state index in [0.717, 1.165) is 56.3 Å². The first kappa shape index (κ1) is 30.4. The Balaban J connectivity index is 0.000000140. The summed E-state index contributed by atoms with van der Waals surface area (Å²) in [5.41, 5.74) is 15.6. The highest BCUT2D eigenvalue weighted by Gasteiger charge is 2.61. The number of hydrogen-bond acceptors (Lipinski definition) is 5. The van der Waals surface area contributed by atoms with Gasteiger partial charge in [-0.15, -0.1) is 0 Å². The first-order chi connectivity index (χ1) is 20.3. The Morgan fingerprint density at radius 3 is 1.81 bits per heavy atom. The lowest BCUT2D eigenvalue weighted by molar-refractivity contribution is -0.108. The van der Waals surface area contributed by atoms with Crippen molar-refractivity contribution in [2.75, 3.05) is 0 Å². The van der Waals surface area contributed by atoms with Gasteiger partial charge in [-0.25, -0.2) is 0 Å². The summed E-state index contributed by atoms with van der Waals surface area (Å²) in [5, 5.41) is 31.8. The second-order valence-corrected chi connectivity index (χ2v) is 17.1. The molecule has 238 valence electrons. The molecule has 6 saturated carbocycles. The lowest BCUT2D eigenvalue weighted by Crippen LogP contribution is -2.55. The Labute approximate surface area is 260 Å². The maximum atomic E-state index is 10.9. The molecule has 8 aliphatic rings. The lowest BCUT2D eigenvalue weighted by atomic mass is 9.47. The molecule has 0 radical (unpaired) electrons. The van der Waals surface area contributed by atoms with Crippen LogP contribution in [-0.4, -0.2) is 45.7 Å². The molecule has 5 heteroatoms. The molecule has 8 aliphatic carbocycles. The van der Waals surface area contributed by atoms with Crippen LogP contribution >= 0.6 is 0 Å². The average molecular weight is 591 g/mol. The third-order valence-electron chi connectivity index (χ3n) is 15.3. The van der Waals surface area contributed by atoms with E-state index in [1.165, 1.54) is 37.7 Å². The van der Waals surface area contributed by atoms with Gasteiger partial charge in [0.1, 0.15) is 0 Å². The van der Waals surface area contributed by atoms with Crippen LogP contribution in [0.5, 0.6) is 0 Å². The van der Waals surface area contributed by atoms with E-state index in [4.69, 9.17) is 11.5 Å². The standard InChI is InChI=1S/C19H29NO2.C19H29NO/c1-18-7-5-12(20)9-11(18)10-15(21)17-13-3-4-16(22)19(13,2)8-6-14(17)18;1-18-9-7-13(20)11-12(18)3-4-14-15-5-6-17(21)19(15,2)10-8-16(14)18/h5,7,9,12-17,21-22H,3-4,6,8,10,20H2,1-2H3;7,9,11,13-17,21H,3-6,8,10,20H2,1-2H3/t12-,13-,14-,15-,16-,17-,18-,19-;13-,14-,15-,16-,17-,18-,19-/m00/s1. The summed E-state index contributed by atoms with van der Waals surface area (Å²) in [6.07, 6.45) is 25.1. The Morgan fingerprint density at radius 1 is 0.628 bits per heavy atom. The van der Waals surface area contributed by atoms with Gasteiger partial charge in [0, 0.05) is 22.9 Å². The molecule has 5 nitrogen and oxygen atoms in total. The van der Waals surface area contributed by atoms with Gasteiger partial charge >= 0.3 is 0 Å². The van der Waals surface area contributed by atoms with Crippen LogP contribution in [0.2, 0.25) is 0 Å². The van der Waals surface area contributed by atoms with Crippen molar-refractivity contribution in [2.45, 2.75) is 129 Å². The highest BCUT2D eigenvalue weighted by atomic mass is 16.3. The normalized spacial score (nSPS) is 56.2. The van der Waals surface area contributed by atoms with Gasteiger partial charge in [-0.3, -0.25) is 0 Å². The number of allylic oxidation sites excluding steroid dienone is 3. The molecule has 6 fully saturated rings. The molecule has 0 unspecified atom stereocenters. The number of rotatable bonds is 0. The summed E-state index contributed by atoms with van der Waals surface area (Å²) < 4.78 is 0. The number of hydrogen-bond donors (Lipinski definition) is 5. The van der Waals surface area contributed by atoms with Crippen molar-refractivity contribution in [2.24, 2.45) is 68.6 Å². The summed E-state index contributed by atoms with van der Waals surface area (Å²) in [4.78, 5) is 0. The molecule has 0 spiro atoms. The fourth-order valence-electron chi connectivity index (χ4n) is 12.6. The van der Waals surface area contributed by atoms with E-state index in [0.29, 0.717) is 17.8 Å². The molecular formula is C38H58N2O3. The lowest BCUT2D eigenvalue weighted by Gasteiger charge is -2.58. The van der Waals surface area contributed by atoms with Crippen molar-refractivity contribution in [3.8, 4) is 0 Å². The van der Waals surface area contributed by atoms with Crippen LogP contribution in [0, 0.1) is 57.2 Å². The summed E-state index contributed by atoms with van der Waals surface area (Å²) >= 11 is 0. The van der Waals surface area contributed by atoms with Crippen LogP contribution in [-0.2, 0) is 0 Å². The largest absolute Gasteiger partial charge is 0.393 e. The minimum absolute atomic E-state index is 0.00557. The van der Waals surface area contributed by atoms with Gasteiger partial charge in [-0.1, -0.05) is 75.3 Å². The van der Waals surface area contributed by atoms with Gasteiger partial charge in [0.15, 0.2) is 0 Å². The summed E-state index contributed by atoms with van der Waals surface area (Å²) in [6.45, 7) is 9.37. The SMILES string of the molecule is C[C@]12CC[C@H]3[C@@H](CCC4=C[C@@H](N)C=C[C@@]43C)[C@@H]1CC[C@@H]2O.C[C@]12CC[C@H]3[C@@H]([C@@H](O)CC4=C[C@@H](N)C=C[C@@]43C)[C@@H]1CC[C@@H]2O. The average Bonchev–Trinajstić information content (AvgIpc) is 3.45. The smallest absolute Gasteiger partial charge is 0.0611 e. The minimum atomic E-state index is -0.280. The number of fused-ring (bicyclic) bond motifs is 10. The van der Waals surface area contributed by atoms with E-state index < -0.39 is 0 Å². The Bertz CT molecular complexity index is 1240. The quantitative estimate of drug-likeness (QED) is 0.229. The van der Waals surface area contributed by atoms with Crippen LogP contribution in [0.3, 0.4) is 0 Å². The first-order valence-electron chi connectivity index (χ1n) is 17.7. The van der Waals surface area contributed by atoms with Gasteiger partial charge in [-0.05, 0) is 117 Å². The van der Waals surface area contributed by atoms with E-state index in [2.05, 4.69) is 64.2 Å². The van der Waals surface area contributed by atoms with Crippen LogP contribution < -0.4 is 11.5 Å². The molecule has 0 heterocycles. The third-order valence-corrected chi connectivity index (χ3v) is 15.3. The number of aliphatic hydroxyl groups excluding tert-OH is 3. The highest BCUT2D eigenvalue weighted by molar-refractivity contribution is 5.36. The number of nitrogens with two attached hydrogens (primary N) is 2. The van der Waals surface area contributed by atoms with E-state index in [9.17, 15) is 15.3 Å². The molecule has 0 aromatic carbocycles. The molecule has 0 saturated heterocycles.